The number of nitrogens with one attached hydrogen (secondary N) is 1. The normalized spacial score (nSPS) is 12.6. The summed E-state index contributed by atoms with van der Waals surface area (Å²) in [5.74, 6) is 0.0514. The van der Waals surface area contributed by atoms with Gasteiger partial charge in [-0.2, -0.15) is 0 Å². The molecule has 0 fully saturated rings. The van der Waals surface area contributed by atoms with E-state index in [0.717, 1.165) is 17.3 Å². The number of hydrogen-bond acceptors (Lipinski definition) is 1. The summed E-state index contributed by atoms with van der Waals surface area (Å²) >= 11 is 0. The van der Waals surface area contributed by atoms with Gasteiger partial charge < -0.3 is 9.88 Å². The lowest BCUT2D eigenvalue weighted by molar-refractivity contribution is 0.0735. The fourth-order valence-corrected chi connectivity index (χ4v) is 1.85. The Kier molecular flexibility index (Phi) is 3.18. The number of nitrogens with zero attached hydrogens (tertiary/aromatic N) is 1. The molecule has 0 aliphatic heterocycles. The van der Waals surface area contributed by atoms with Crippen LogP contribution < -0.4 is 0 Å². The zero-order chi connectivity index (χ0) is 12.4. The lowest BCUT2D eigenvalue weighted by Gasteiger charge is -2.23. The third-order valence-electron chi connectivity index (χ3n) is 3.33. The third-order valence-corrected chi connectivity index (χ3v) is 3.33. The summed E-state index contributed by atoms with van der Waals surface area (Å²) in [6, 6.07) is 10.1. The van der Waals surface area contributed by atoms with E-state index in [1.165, 1.54) is 0 Å². The highest BCUT2D eigenvalue weighted by Crippen LogP contribution is 2.16. The van der Waals surface area contributed by atoms with E-state index in [1.54, 1.807) is 4.90 Å². The van der Waals surface area contributed by atoms with Crippen LogP contribution in [0.3, 0.4) is 0 Å². The van der Waals surface area contributed by atoms with Gasteiger partial charge in [-0.15, -0.1) is 0 Å². The smallest absolute Gasteiger partial charge is 0.270 e. The maximum absolute atomic E-state index is 12.2. The number of carbonyl (C=O) groups is 1. The highest BCUT2D eigenvalue weighted by molar-refractivity contribution is 5.98. The molecule has 17 heavy (non-hydrogen) atoms. The van der Waals surface area contributed by atoms with Crippen LogP contribution in [0, 0.1) is 0 Å². The van der Waals surface area contributed by atoms with Gasteiger partial charge in [0.25, 0.3) is 5.91 Å². The van der Waals surface area contributed by atoms with E-state index in [1.807, 2.05) is 37.4 Å². The van der Waals surface area contributed by atoms with Crippen molar-refractivity contribution in [1.29, 1.82) is 0 Å². The van der Waals surface area contributed by atoms with E-state index >= 15 is 0 Å². The van der Waals surface area contributed by atoms with Crippen molar-refractivity contribution in [1.82, 2.24) is 9.88 Å². The highest BCUT2D eigenvalue weighted by Gasteiger charge is 2.17. The van der Waals surface area contributed by atoms with Crippen molar-refractivity contribution in [2.24, 2.45) is 0 Å². The molecule has 90 valence electrons. The number of aromatic nitrogens is 1. The Labute approximate surface area is 101 Å². The van der Waals surface area contributed by atoms with Gasteiger partial charge in [-0.3, -0.25) is 4.79 Å². The molecule has 0 aliphatic rings. The SMILES string of the molecule is CCC(C)N(C)C(=O)c1cc2ccccc2[nH]1. The second-order valence-corrected chi connectivity index (χ2v) is 4.44. The van der Waals surface area contributed by atoms with Gasteiger partial charge >= 0.3 is 0 Å². The number of H-pyrrole nitrogens is 1. The maximum atomic E-state index is 12.2. The molecule has 1 heterocycles. The molecular weight excluding hydrogens is 212 g/mol. The van der Waals surface area contributed by atoms with Crippen LogP contribution in [0.15, 0.2) is 30.3 Å². The predicted molar refractivity (Wildman–Crippen MR) is 70.1 cm³/mol. The molecule has 1 unspecified atom stereocenters. The van der Waals surface area contributed by atoms with Gasteiger partial charge in [0.1, 0.15) is 5.69 Å². The molecule has 1 atom stereocenters. The van der Waals surface area contributed by atoms with Crippen LogP contribution in [-0.2, 0) is 0 Å². The summed E-state index contributed by atoms with van der Waals surface area (Å²) in [5, 5.41) is 1.08. The van der Waals surface area contributed by atoms with Gasteiger partial charge in [0.15, 0.2) is 0 Å². The van der Waals surface area contributed by atoms with Crippen molar-refractivity contribution in [2.45, 2.75) is 26.3 Å². The average Bonchev–Trinajstić information content (AvgIpc) is 2.79. The van der Waals surface area contributed by atoms with Crippen LogP contribution in [0.25, 0.3) is 10.9 Å². The van der Waals surface area contributed by atoms with Crippen LogP contribution in [0.4, 0.5) is 0 Å². The Balaban J connectivity index is 2.30. The quantitative estimate of drug-likeness (QED) is 0.864. The summed E-state index contributed by atoms with van der Waals surface area (Å²) in [6.45, 7) is 4.14. The first-order valence-corrected chi connectivity index (χ1v) is 5.98. The van der Waals surface area contributed by atoms with E-state index in [9.17, 15) is 4.79 Å². The van der Waals surface area contributed by atoms with Crippen LogP contribution in [0.1, 0.15) is 30.8 Å². The van der Waals surface area contributed by atoms with Crippen LogP contribution in [0.5, 0.6) is 0 Å². The van der Waals surface area contributed by atoms with Crippen LogP contribution in [0.2, 0.25) is 0 Å². The van der Waals surface area contributed by atoms with Gasteiger partial charge in [-0.25, -0.2) is 0 Å². The van der Waals surface area contributed by atoms with Gasteiger partial charge in [0.05, 0.1) is 0 Å². The van der Waals surface area contributed by atoms with Crippen molar-refractivity contribution in [2.75, 3.05) is 7.05 Å². The topological polar surface area (TPSA) is 36.1 Å². The molecule has 3 heteroatoms. The summed E-state index contributed by atoms with van der Waals surface area (Å²) in [7, 11) is 1.85. The lowest BCUT2D eigenvalue weighted by Crippen LogP contribution is -2.34. The van der Waals surface area contributed by atoms with Crippen molar-refractivity contribution in [3.63, 3.8) is 0 Å². The van der Waals surface area contributed by atoms with Crippen LogP contribution in [-0.4, -0.2) is 28.9 Å². The Morgan fingerprint density at radius 1 is 1.41 bits per heavy atom. The van der Waals surface area contributed by atoms with E-state index in [2.05, 4.69) is 18.8 Å². The van der Waals surface area contributed by atoms with Crippen LogP contribution >= 0.6 is 0 Å². The number of amides is 1. The Morgan fingerprint density at radius 2 is 2.12 bits per heavy atom. The molecule has 0 spiro atoms. The average molecular weight is 230 g/mol. The second kappa shape index (κ2) is 4.62. The molecule has 0 aliphatic carbocycles. The van der Waals surface area contributed by atoms with Crippen molar-refractivity contribution < 1.29 is 4.79 Å². The minimum Gasteiger partial charge on any atom is -0.351 e. The fourth-order valence-electron chi connectivity index (χ4n) is 1.85. The summed E-state index contributed by atoms with van der Waals surface area (Å²) in [5.41, 5.74) is 1.67. The number of hydrogen-bond donors (Lipinski definition) is 1. The molecule has 1 amide bonds. The number of rotatable bonds is 3. The molecule has 0 saturated carbocycles. The fraction of sp³-hybridized carbons (Fsp3) is 0.357. The predicted octanol–water partition coefficient (Wildman–Crippen LogP) is 3.04. The second-order valence-electron chi connectivity index (χ2n) is 4.44. The van der Waals surface area contributed by atoms with E-state index in [0.29, 0.717) is 5.69 Å². The molecule has 1 aromatic carbocycles. The standard InChI is InChI=1S/C14H18N2O/c1-4-10(2)16(3)14(17)13-9-11-7-5-6-8-12(11)15-13/h5-10,15H,4H2,1-3H3. The first-order chi connectivity index (χ1) is 8.13. The van der Waals surface area contributed by atoms with Gasteiger partial charge in [-0.1, -0.05) is 25.1 Å². The molecule has 1 N–H and O–H groups in total. The van der Waals surface area contributed by atoms with Gasteiger partial charge in [0, 0.05) is 24.0 Å². The maximum Gasteiger partial charge on any atom is 0.270 e. The monoisotopic (exact) mass is 230 g/mol. The number of benzene rings is 1. The van der Waals surface area contributed by atoms with Crippen molar-refractivity contribution in [3.8, 4) is 0 Å². The number of fused-ring (bicyclic) bond motifs is 1. The van der Waals surface area contributed by atoms with Gasteiger partial charge in [-0.05, 0) is 25.5 Å². The lowest BCUT2D eigenvalue weighted by atomic mass is 10.2. The number of para-hydroxylation sites is 1. The van der Waals surface area contributed by atoms with Crippen molar-refractivity contribution in [3.05, 3.63) is 36.0 Å². The summed E-state index contributed by atoms with van der Waals surface area (Å²) < 4.78 is 0. The molecule has 1 aromatic heterocycles. The molecule has 0 bridgehead atoms. The van der Waals surface area contributed by atoms with E-state index in [-0.39, 0.29) is 11.9 Å². The molecule has 3 nitrogen and oxygen atoms in total. The Morgan fingerprint density at radius 3 is 2.76 bits per heavy atom. The Hall–Kier alpha value is -1.77. The molecule has 2 aromatic rings. The first-order valence-electron chi connectivity index (χ1n) is 5.98. The largest absolute Gasteiger partial charge is 0.351 e. The number of carbonyl (C=O) groups excluding carboxylic acids is 1. The summed E-state index contributed by atoms with van der Waals surface area (Å²) in [4.78, 5) is 17.2. The zero-order valence-electron chi connectivity index (χ0n) is 10.5. The van der Waals surface area contributed by atoms with E-state index in [4.69, 9.17) is 0 Å². The molecule has 0 saturated heterocycles. The molecule has 0 radical (unpaired) electrons. The minimum absolute atomic E-state index is 0.0514. The molecular formula is C14H18N2O. The molecule has 2 rings (SSSR count). The van der Waals surface area contributed by atoms with Gasteiger partial charge in [0.2, 0.25) is 0 Å². The Bertz CT molecular complexity index is 497. The highest BCUT2D eigenvalue weighted by atomic mass is 16.2. The van der Waals surface area contributed by atoms with Crippen molar-refractivity contribution >= 4 is 16.8 Å². The zero-order valence-corrected chi connectivity index (χ0v) is 10.5. The first kappa shape index (κ1) is 11.7. The van der Waals surface area contributed by atoms with E-state index < -0.39 is 0 Å². The number of aromatic amines is 1. The third kappa shape index (κ3) is 2.18. The summed E-state index contributed by atoms with van der Waals surface area (Å²) in [6.07, 6.45) is 0.961. The minimum atomic E-state index is 0.0514.